The van der Waals surface area contributed by atoms with Crippen LogP contribution in [0.3, 0.4) is 0 Å². The van der Waals surface area contributed by atoms with Crippen LogP contribution in [0.15, 0.2) is 243 Å². The third kappa shape index (κ3) is 7.20. The van der Waals surface area contributed by atoms with Gasteiger partial charge < -0.3 is 0 Å². The van der Waals surface area contributed by atoms with E-state index in [1.54, 1.807) is 0 Å². The zero-order valence-corrected chi connectivity index (χ0v) is 36.8. The van der Waals surface area contributed by atoms with Crippen molar-refractivity contribution < 1.29 is 0 Å². The first kappa shape index (κ1) is 40.0. The van der Waals surface area contributed by atoms with Crippen molar-refractivity contribution in [2.75, 3.05) is 0 Å². The van der Waals surface area contributed by atoms with E-state index in [1.807, 2.05) is 24.3 Å². The van der Waals surface area contributed by atoms with Crippen LogP contribution >= 0.6 is 0 Å². The standard InChI is InChI=1S/C63H44N4/c1-7-21-43(22-8-1)49-39-58(45-23-9-2-10-24-45)64-59(40-49)46-37-35-44(36-38-46)53-42-57-54(52-33-19-20-34-56(52)63(57,50-29-15-5-16-30-50)51-31-17-6-18-32-51)41-55(53)62-66-60(47-25-11-3-12-26-47)65-61(67-62)48-27-13-4-14-28-48/h1-3,5-13,15-42H,4,14H2. The highest BCUT2D eigenvalue weighted by Crippen LogP contribution is 2.58. The summed E-state index contributed by atoms with van der Waals surface area (Å²) >= 11 is 0. The maximum absolute atomic E-state index is 5.36. The van der Waals surface area contributed by atoms with Gasteiger partial charge in [-0.2, -0.15) is 0 Å². The summed E-state index contributed by atoms with van der Waals surface area (Å²) in [6, 6.07) is 80.1. The molecule has 0 N–H and O–H groups in total. The Morgan fingerprint density at radius 1 is 0.313 bits per heavy atom. The Balaban J connectivity index is 1.11. The second kappa shape index (κ2) is 17.1. The summed E-state index contributed by atoms with van der Waals surface area (Å²) in [5.74, 6) is 1.94. The predicted octanol–water partition coefficient (Wildman–Crippen LogP) is 15.4. The van der Waals surface area contributed by atoms with Crippen molar-refractivity contribution in [2.24, 2.45) is 0 Å². The number of benzene rings is 8. The minimum atomic E-state index is -0.589. The molecule has 0 unspecified atom stereocenters. The van der Waals surface area contributed by atoms with Crippen molar-refractivity contribution in [1.82, 2.24) is 19.9 Å². The highest BCUT2D eigenvalue weighted by atomic mass is 15.0. The summed E-state index contributed by atoms with van der Waals surface area (Å²) in [5.41, 5.74) is 17.9. The van der Waals surface area contributed by atoms with E-state index in [0.29, 0.717) is 17.5 Å². The van der Waals surface area contributed by atoms with Gasteiger partial charge in [-0.3, -0.25) is 0 Å². The Labute approximate surface area is 391 Å². The van der Waals surface area contributed by atoms with E-state index in [2.05, 4.69) is 218 Å². The summed E-state index contributed by atoms with van der Waals surface area (Å²) in [4.78, 5) is 21.1. The monoisotopic (exact) mass is 856 g/mol. The fraction of sp³-hybridized carbons (Fsp3) is 0.0476. The van der Waals surface area contributed by atoms with Crippen LogP contribution in [0.1, 0.15) is 40.9 Å². The molecule has 4 nitrogen and oxygen atoms in total. The van der Waals surface area contributed by atoms with E-state index in [4.69, 9.17) is 19.9 Å². The molecule has 12 rings (SSSR count). The molecule has 10 aromatic rings. The van der Waals surface area contributed by atoms with Crippen molar-refractivity contribution in [3.8, 4) is 78.7 Å². The number of aromatic nitrogens is 4. The van der Waals surface area contributed by atoms with Crippen molar-refractivity contribution in [3.05, 3.63) is 271 Å². The van der Waals surface area contributed by atoms with E-state index in [-0.39, 0.29) is 0 Å². The molecule has 2 aliphatic rings. The van der Waals surface area contributed by atoms with Gasteiger partial charge in [0.1, 0.15) is 0 Å². The summed E-state index contributed by atoms with van der Waals surface area (Å²) in [6.07, 6.45) is 8.54. The molecule has 67 heavy (non-hydrogen) atoms. The Bertz CT molecular complexity index is 3380. The summed E-state index contributed by atoms with van der Waals surface area (Å²) in [6.45, 7) is 0. The lowest BCUT2D eigenvalue weighted by Gasteiger charge is -2.34. The second-order valence-electron chi connectivity index (χ2n) is 17.2. The molecule has 0 radical (unpaired) electrons. The van der Waals surface area contributed by atoms with Crippen molar-refractivity contribution in [1.29, 1.82) is 0 Å². The first-order chi connectivity index (χ1) is 33.2. The lowest BCUT2D eigenvalue weighted by atomic mass is 9.67. The van der Waals surface area contributed by atoms with Gasteiger partial charge in [0.2, 0.25) is 0 Å². The number of nitrogens with zero attached hydrogens (tertiary/aromatic N) is 4. The van der Waals surface area contributed by atoms with Crippen LogP contribution in [0, 0.1) is 0 Å². The molecule has 2 heterocycles. The van der Waals surface area contributed by atoms with Crippen LogP contribution < -0.4 is 0 Å². The normalized spacial score (nSPS) is 13.4. The minimum absolute atomic E-state index is 0.589. The van der Waals surface area contributed by atoms with Gasteiger partial charge in [0.25, 0.3) is 0 Å². The molecule has 0 spiro atoms. The van der Waals surface area contributed by atoms with E-state index in [0.717, 1.165) is 79.9 Å². The van der Waals surface area contributed by atoms with Crippen molar-refractivity contribution >= 4 is 5.57 Å². The van der Waals surface area contributed by atoms with Gasteiger partial charge in [-0.1, -0.05) is 218 Å². The Morgan fingerprint density at radius 3 is 1.46 bits per heavy atom. The molecule has 2 aliphatic carbocycles. The molecule has 4 heteroatoms. The van der Waals surface area contributed by atoms with Crippen LogP contribution in [0.4, 0.5) is 0 Å². The highest BCUT2D eigenvalue weighted by Gasteiger charge is 2.46. The van der Waals surface area contributed by atoms with E-state index in [9.17, 15) is 0 Å². The lowest BCUT2D eigenvalue weighted by Crippen LogP contribution is -2.28. The molecular formula is C63H44N4. The highest BCUT2D eigenvalue weighted by molar-refractivity contribution is 5.94. The Hall–Kier alpha value is -8.60. The van der Waals surface area contributed by atoms with Gasteiger partial charge in [-0.15, -0.1) is 0 Å². The van der Waals surface area contributed by atoms with Gasteiger partial charge in [0.05, 0.1) is 16.8 Å². The summed E-state index contributed by atoms with van der Waals surface area (Å²) in [5, 5.41) is 0. The smallest absolute Gasteiger partial charge is 0.164 e. The van der Waals surface area contributed by atoms with Crippen LogP contribution in [0.5, 0.6) is 0 Å². The summed E-state index contributed by atoms with van der Waals surface area (Å²) in [7, 11) is 0. The van der Waals surface area contributed by atoms with E-state index < -0.39 is 5.41 Å². The molecule has 8 aromatic carbocycles. The number of rotatable bonds is 9. The quantitative estimate of drug-likeness (QED) is 0.145. The van der Waals surface area contributed by atoms with Gasteiger partial charge in [-0.05, 0) is 92.7 Å². The molecule has 2 aromatic heterocycles. The van der Waals surface area contributed by atoms with Crippen molar-refractivity contribution in [2.45, 2.75) is 18.3 Å². The number of pyridine rings is 1. The van der Waals surface area contributed by atoms with Crippen LogP contribution in [0.2, 0.25) is 0 Å². The average molecular weight is 857 g/mol. The zero-order chi connectivity index (χ0) is 44.6. The number of allylic oxidation sites excluding steroid dienone is 4. The van der Waals surface area contributed by atoms with Crippen LogP contribution in [-0.4, -0.2) is 19.9 Å². The molecule has 0 atom stereocenters. The lowest BCUT2D eigenvalue weighted by molar-refractivity contribution is 0.769. The molecule has 0 fully saturated rings. The zero-order valence-electron chi connectivity index (χ0n) is 36.8. The molecule has 316 valence electrons. The third-order valence-corrected chi connectivity index (χ3v) is 13.3. The molecule has 0 bridgehead atoms. The van der Waals surface area contributed by atoms with Crippen molar-refractivity contribution in [3.63, 3.8) is 0 Å². The third-order valence-electron chi connectivity index (χ3n) is 13.3. The fourth-order valence-electron chi connectivity index (χ4n) is 10.1. The van der Waals surface area contributed by atoms with Crippen LogP contribution in [0.25, 0.3) is 84.2 Å². The maximum atomic E-state index is 5.36. The number of hydrogen-bond donors (Lipinski definition) is 0. The van der Waals surface area contributed by atoms with E-state index >= 15 is 0 Å². The molecule has 0 aliphatic heterocycles. The molecule has 0 saturated carbocycles. The second-order valence-corrected chi connectivity index (χ2v) is 17.2. The van der Waals surface area contributed by atoms with Gasteiger partial charge >= 0.3 is 0 Å². The topological polar surface area (TPSA) is 51.6 Å². The van der Waals surface area contributed by atoms with Gasteiger partial charge in [0.15, 0.2) is 17.5 Å². The van der Waals surface area contributed by atoms with E-state index in [1.165, 1.54) is 27.8 Å². The maximum Gasteiger partial charge on any atom is 0.164 e. The fourth-order valence-corrected chi connectivity index (χ4v) is 10.1. The van der Waals surface area contributed by atoms with Crippen LogP contribution in [-0.2, 0) is 5.41 Å². The minimum Gasteiger partial charge on any atom is -0.248 e. The number of fused-ring (bicyclic) bond motifs is 3. The molecular weight excluding hydrogens is 813 g/mol. The molecule has 0 saturated heterocycles. The average Bonchev–Trinajstić information content (AvgIpc) is 3.72. The first-order valence-corrected chi connectivity index (χ1v) is 23.0. The largest absolute Gasteiger partial charge is 0.248 e. The number of hydrogen-bond acceptors (Lipinski definition) is 4. The van der Waals surface area contributed by atoms with Gasteiger partial charge in [-0.25, -0.2) is 19.9 Å². The SMILES string of the molecule is C1=CC(c2nc(-c3ccccc3)nc(-c3cc4c(cc3-c3ccc(-c5cc(-c6ccccc6)cc(-c6ccccc6)n5)cc3)C(c3ccccc3)(c3ccccc3)c3ccccc3-4)n2)=CCC1. The Morgan fingerprint density at radius 2 is 0.836 bits per heavy atom. The van der Waals surface area contributed by atoms with Gasteiger partial charge in [0, 0.05) is 27.8 Å². The summed E-state index contributed by atoms with van der Waals surface area (Å²) < 4.78 is 0. The molecule has 0 amide bonds. The Kier molecular flexibility index (Phi) is 10.2. The first-order valence-electron chi connectivity index (χ1n) is 23.0. The predicted molar refractivity (Wildman–Crippen MR) is 274 cm³/mol.